The van der Waals surface area contributed by atoms with Crippen molar-refractivity contribution in [1.29, 1.82) is 0 Å². The smallest absolute Gasteiger partial charge is 0.0948 e. The van der Waals surface area contributed by atoms with Gasteiger partial charge in [-0.2, -0.15) is 0 Å². The first kappa shape index (κ1) is 13.8. The molecule has 0 amide bonds. The number of hydrogen-bond donors (Lipinski definition) is 1. The zero-order valence-electron chi connectivity index (χ0n) is 12.4. The van der Waals surface area contributed by atoms with Crippen molar-refractivity contribution < 1.29 is 0 Å². The molecule has 0 spiro atoms. The van der Waals surface area contributed by atoms with E-state index in [1.807, 2.05) is 12.5 Å². The summed E-state index contributed by atoms with van der Waals surface area (Å²) < 4.78 is 2.22. The Morgan fingerprint density at radius 3 is 2.81 bits per heavy atom. The van der Waals surface area contributed by atoms with E-state index in [1.54, 1.807) is 0 Å². The Bertz CT molecular complexity index is 710. The van der Waals surface area contributed by atoms with Crippen molar-refractivity contribution in [2.45, 2.75) is 33.0 Å². The standard InChI is InChI=1S/C18H21N3/c1-2-10-21-14-20-13-17(21)12-19-11-16-8-5-7-15-6-3-4-9-18(15)16/h3-9,13-14,19H,2,10-12H2,1H3. The van der Waals surface area contributed by atoms with Crippen LogP contribution >= 0.6 is 0 Å². The van der Waals surface area contributed by atoms with Crippen molar-refractivity contribution in [3.05, 3.63) is 66.2 Å². The van der Waals surface area contributed by atoms with Gasteiger partial charge in [0, 0.05) is 25.8 Å². The Balaban J connectivity index is 1.68. The monoisotopic (exact) mass is 279 g/mol. The van der Waals surface area contributed by atoms with Crippen molar-refractivity contribution in [1.82, 2.24) is 14.9 Å². The van der Waals surface area contributed by atoms with Gasteiger partial charge in [0.05, 0.1) is 12.0 Å². The first-order valence-electron chi connectivity index (χ1n) is 7.55. The van der Waals surface area contributed by atoms with Gasteiger partial charge >= 0.3 is 0 Å². The second-order valence-electron chi connectivity index (χ2n) is 5.32. The molecule has 0 aliphatic heterocycles. The van der Waals surface area contributed by atoms with Crippen LogP contribution in [0.3, 0.4) is 0 Å². The van der Waals surface area contributed by atoms with Crippen LogP contribution in [0.15, 0.2) is 55.0 Å². The van der Waals surface area contributed by atoms with Gasteiger partial charge in [-0.1, -0.05) is 49.4 Å². The molecule has 0 saturated heterocycles. The third-order valence-corrected chi connectivity index (χ3v) is 3.76. The quantitative estimate of drug-likeness (QED) is 0.745. The highest BCUT2D eigenvalue weighted by atomic mass is 15.1. The summed E-state index contributed by atoms with van der Waals surface area (Å²) in [5.41, 5.74) is 2.59. The molecule has 1 N–H and O–H groups in total. The maximum atomic E-state index is 4.24. The zero-order valence-corrected chi connectivity index (χ0v) is 12.4. The molecule has 0 aliphatic rings. The van der Waals surface area contributed by atoms with E-state index in [4.69, 9.17) is 0 Å². The van der Waals surface area contributed by atoms with E-state index in [1.165, 1.54) is 22.0 Å². The second-order valence-corrected chi connectivity index (χ2v) is 5.32. The number of fused-ring (bicyclic) bond motifs is 1. The van der Waals surface area contributed by atoms with E-state index in [0.717, 1.165) is 26.1 Å². The minimum absolute atomic E-state index is 0.850. The zero-order chi connectivity index (χ0) is 14.5. The number of aromatic nitrogens is 2. The van der Waals surface area contributed by atoms with Crippen LogP contribution in [0.2, 0.25) is 0 Å². The molecule has 21 heavy (non-hydrogen) atoms. The predicted molar refractivity (Wildman–Crippen MR) is 87.0 cm³/mol. The molecular weight excluding hydrogens is 258 g/mol. The van der Waals surface area contributed by atoms with Gasteiger partial charge in [0.25, 0.3) is 0 Å². The first-order valence-corrected chi connectivity index (χ1v) is 7.55. The molecule has 0 atom stereocenters. The Morgan fingerprint density at radius 1 is 1.05 bits per heavy atom. The summed E-state index contributed by atoms with van der Waals surface area (Å²) in [5.74, 6) is 0. The highest BCUT2D eigenvalue weighted by Crippen LogP contribution is 2.18. The van der Waals surface area contributed by atoms with Crippen LogP contribution in [0.25, 0.3) is 10.8 Å². The third-order valence-electron chi connectivity index (χ3n) is 3.76. The van der Waals surface area contributed by atoms with Gasteiger partial charge in [0.15, 0.2) is 0 Å². The Morgan fingerprint density at radius 2 is 1.90 bits per heavy atom. The van der Waals surface area contributed by atoms with E-state index in [-0.39, 0.29) is 0 Å². The van der Waals surface area contributed by atoms with Gasteiger partial charge in [-0.25, -0.2) is 4.98 Å². The van der Waals surface area contributed by atoms with Crippen LogP contribution in [-0.4, -0.2) is 9.55 Å². The van der Waals surface area contributed by atoms with E-state index >= 15 is 0 Å². The number of hydrogen-bond acceptors (Lipinski definition) is 2. The SMILES string of the molecule is CCCn1cncc1CNCc1cccc2ccccc12. The molecular formula is C18H21N3. The van der Waals surface area contributed by atoms with E-state index in [0.29, 0.717) is 0 Å². The highest BCUT2D eigenvalue weighted by molar-refractivity contribution is 5.85. The fourth-order valence-corrected chi connectivity index (χ4v) is 2.71. The van der Waals surface area contributed by atoms with E-state index < -0.39 is 0 Å². The summed E-state index contributed by atoms with van der Waals surface area (Å²) in [5, 5.41) is 6.16. The van der Waals surface area contributed by atoms with Crippen LogP contribution in [0.5, 0.6) is 0 Å². The molecule has 3 rings (SSSR count). The average Bonchev–Trinajstić information content (AvgIpc) is 2.95. The van der Waals surface area contributed by atoms with E-state index in [9.17, 15) is 0 Å². The van der Waals surface area contributed by atoms with Crippen LogP contribution < -0.4 is 5.32 Å². The topological polar surface area (TPSA) is 29.9 Å². The average molecular weight is 279 g/mol. The summed E-state index contributed by atoms with van der Waals surface area (Å²) in [6.07, 6.45) is 5.00. The molecule has 0 unspecified atom stereocenters. The highest BCUT2D eigenvalue weighted by Gasteiger charge is 2.03. The van der Waals surface area contributed by atoms with Gasteiger partial charge in [-0.15, -0.1) is 0 Å². The van der Waals surface area contributed by atoms with Crippen LogP contribution in [0.1, 0.15) is 24.6 Å². The lowest BCUT2D eigenvalue weighted by Crippen LogP contribution is -2.15. The fourth-order valence-electron chi connectivity index (χ4n) is 2.71. The lowest BCUT2D eigenvalue weighted by Gasteiger charge is -2.10. The number of nitrogens with one attached hydrogen (secondary N) is 1. The van der Waals surface area contributed by atoms with Gasteiger partial charge in [-0.3, -0.25) is 0 Å². The maximum absolute atomic E-state index is 4.24. The normalized spacial score (nSPS) is 11.1. The number of imidazole rings is 1. The molecule has 0 bridgehead atoms. The molecule has 0 fully saturated rings. The first-order chi connectivity index (χ1) is 10.4. The maximum Gasteiger partial charge on any atom is 0.0948 e. The van der Waals surface area contributed by atoms with Crippen molar-refractivity contribution >= 4 is 10.8 Å². The molecule has 1 aromatic heterocycles. The van der Waals surface area contributed by atoms with Gasteiger partial charge < -0.3 is 9.88 Å². The Hall–Kier alpha value is -2.13. The molecule has 0 radical (unpaired) electrons. The fraction of sp³-hybridized carbons (Fsp3) is 0.278. The lowest BCUT2D eigenvalue weighted by atomic mass is 10.0. The van der Waals surface area contributed by atoms with Crippen LogP contribution in [-0.2, 0) is 19.6 Å². The summed E-state index contributed by atoms with van der Waals surface area (Å²) in [6, 6.07) is 15.0. The molecule has 0 saturated carbocycles. The van der Waals surface area contributed by atoms with Crippen molar-refractivity contribution in [3.8, 4) is 0 Å². The minimum Gasteiger partial charge on any atom is -0.333 e. The van der Waals surface area contributed by atoms with Crippen molar-refractivity contribution in [3.63, 3.8) is 0 Å². The lowest BCUT2D eigenvalue weighted by molar-refractivity contribution is 0.602. The number of benzene rings is 2. The number of rotatable bonds is 6. The summed E-state index contributed by atoms with van der Waals surface area (Å²) >= 11 is 0. The Labute approximate surface area is 125 Å². The summed E-state index contributed by atoms with van der Waals surface area (Å²) in [4.78, 5) is 4.24. The minimum atomic E-state index is 0.850. The molecule has 2 aromatic carbocycles. The Kier molecular flexibility index (Phi) is 4.31. The molecule has 3 aromatic rings. The largest absolute Gasteiger partial charge is 0.333 e. The molecule has 3 nitrogen and oxygen atoms in total. The van der Waals surface area contributed by atoms with Crippen LogP contribution in [0.4, 0.5) is 0 Å². The molecule has 3 heteroatoms. The summed E-state index contributed by atoms with van der Waals surface area (Å²) in [6.45, 7) is 4.94. The van der Waals surface area contributed by atoms with Gasteiger partial charge in [-0.05, 0) is 22.8 Å². The van der Waals surface area contributed by atoms with Crippen molar-refractivity contribution in [2.75, 3.05) is 0 Å². The van der Waals surface area contributed by atoms with Gasteiger partial charge in [0.1, 0.15) is 0 Å². The molecule has 108 valence electrons. The molecule has 0 aliphatic carbocycles. The van der Waals surface area contributed by atoms with Crippen molar-refractivity contribution in [2.24, 2.45) is 0 Å². The predicted octanol–water partition coefficient (Wildman–Crippen LogP) is 3.74. The van der Waals surface area contributed by atoms with Crippen LogP contribution in [0, 0.1) is 0 Å². The number of aryl methyl sites for hydroxylation is 1. The molecule has 1 heterocycles. The number of nitrogens with zero attached hydrogens (tertiary/aromatic N) is 2. The van der Waals surface area contributed by atoms with E-state index in [2.05, 4.69) is 64.3 Å². The second kappa shape index (κ2) is 6.55. The van der Waals surface area contributed by atoms with Gasteiger partial charge in [0.2, 0.25) is 0 Å². The third kappa shape index (κ3) is 3.14. The summed E-state index contributed by atoms with van der Waals surface area (Å²) in [7, 11) is 0.